The molecule has 0 heterocycles. The molecule has 5 nitrogen and oxygen atoms in total. The smallest absolute Gasteiger partial charge is 0.311 e. The molecule has 0 saturated heterocycles. The van der Waals surface area contributed by atoms with Crippen LogP contribution in [-0.4, -0.2) is 29.6 Å². The molecule has 2 fully saturated rings. The van der Waals surface area contributed by atoms with Gasteiger partial charge < -0.3 is 16.2 Å². The second-order valence-electron chi connectivity index (χ2n) is 5.00. The Bertz CT molecular complexity index is 312. The van der Waals surface area contributed by atoms with Crippen molar-refractivity contribution in [3.63, 3.8) is 0 Å². The molecule has 0 spiro atoms. The molecule has 5 heteroatoms. The Kier molecular flexibility index (Phi) is 2.88. The average Bonchev–Trinajstić information content (AvgIpc) is 2.92. The number of hydrogen-bond donors (Lipinski definition) is 3. The lowest BCUT2D eigenvalue weighted by Crippen LogP contribution is -2.42. The highest BCUT2D eigenvalue weighted by Crippen LogP contribution is 2.45. The molecule has 1 amide bonds. The first-order valence-electron chi connectivity index (χ1n) is 5.82. The standard InChI is InChI=1S/C11H18N2O3/c12-8-3-1-2-7(8)9(14)13-6-11(4-5-11)10(15)16/h7-8H,1-6,12H2,(H,13,14)(H,15,16). The fourth-order valence-corrected chi connectivity index (χ4v) is 2.32. The average molecular weight is 226 g/mol. The largest absolute Gasteiger partial charge is 0.481 e. The van der Waals surface area contributed by atoms with Gasteiger partial charge in [-0.05, 0) is 25.7 Å². The van der Waals surface area contributed by atoms with Crippen LogP contribution in [0.3, 0.4) is 0 Å². The van der Waals surface area contributed by atoms with Crippen LogP contribution in [0.4, 0.5) is 0 Å². The molecular weight excluding hydrogens is 208 g/mol. The van der Waals surface area contributed by atoms with Gasteiger partial charge in [-0.15, -0.1) is 0 Å². The minimum atomic E-state index is -0.802. The van der Waals surface area contributed by atoms with Crippen molar-refractivity contribution >= 4 is 11.9 Å². The Hall–Kier alpha value is -1.10. The summed E-state index contributed by atoms with van der Waals surface area (Å²) >= 11 is 0. The first kappa shape index (κ1) is 11.4. The van der Waals surface area contributed by atoms with Gasteiger partial charge in [-0.3, -0.25) is 9.59 Å². The Morgan fingerprint density at radius 2 is 2.06 bits per heavy atom. The summed E-state index contributed by atoms with van der Waals surface area (Å²) in [6, 6.07) is -0.0556. The highest BCUT2D eigenvalue weighted by molar-refractivity contribution is 5.82. The van der Waals surface area contributed by atoms with Gasteiger partial charge in [0.05, 0.1) is 11.3 Å². The molecule has 0 aromatic heterocycles. The molecule has 90 valence electrons. The van der Waals surface area contributed by atoms with E-state index in [9.17, 15) is 9.59 Å². The zero-order valence-corrected chi connectivity index (χ0v) is 9.24. The topological polar surface area (TPSA) is 92.4 Å². The number of aliphatic carboxylic acids is 1. The fourth-order valence-electron chi connectivity index (χ4n) is 2.32. The molecule has 2 aliphatic rings. The number of carboxylic acid groups (broad SMARTS) is 1. The SMILES string of the molecule is NC1CCCC1C(=O)NCC1(C(=O)O)CC1. The molecular formula is C11H18N2O3. The first-order chi connectivity index (χ1) is 7.55. The molecule has 2 unspecified atom stereocenters. The van der Waals surface area contributed by atoms with Crippen LogP contribution in [0.25, 0.3) is 0 Å². The second kappa shape index (κ2) is 4.05. The third kappa shape index (κ3) is 2.04. The maximum absolute atomic E-state index is 11.8. The Balaban J connectivity index is 1.82. The van der Waals surface area contributed by atoms with Crippen LogP contribution in [0.2, 0.25) is 0 Å². The first-order valence-corrected chi connectivity index (χ1v) is 5.82. The van der Waals surface area contributed by atoms with Crippen LogP contribution in [0.5, 0.6) is 0 Å². The Morgan fingerprint density at radius 3 is 2.50 bits per heavy atom. The second-order valence-corrected chi connectivity index (χ2v) is 5.00. The summed E-state index contributed by atoms with van der Waals surface area (Å²) in [6.45, 7) is 0.254. The number of carbonyl (C=O) groups excluding carboxylic acids is 1. The Morgan fingerprint density at radius 1 is 1.38 bits per heavy atom. The van der Waals surface area contributed by atoms with Crippen molar-refractivity contribution < 1.29 is 14.7 Å². The van der Waals surface area contributed by atoms with E-state index >= 15 is 0 Å². The fraction of sp³-hybridized carbons (Fsp3) is 0.818. The quantitative estimate of drug-likeness (QED) is 0.633. The molecule has 4 N–H and O–H groups in total. The number of amides is 1. The number of nitrogens with one attached hydrogen (secondary N) is 1. The van der Waals surface area contributed by atoms with Crippen molar-refractivity contribution in [2.24, 2.45) is 17.1 Å². The van der Waals surface area contributed by atoms with Crippen LogP contribution in [0.15, 0.2) is 0 Å². The maximum Gasteiger partial charge on any atom is 0.311 e. The summed E-state index contributed by atoms with van der Waals surface area (Å²) in [6.07, 6.45) is 4.04. The molecule has 0 radical (unpaired) electrons. The van der Waals surface area contributed by atoms with E-state index in [1.165, 1.54) is 0 Å². The molecule has 2 atom stereocenters. The van der Waals surface area contributed by atoms with Gasteiger partial charge in [-0.2, -0.15) is 0 Å². The molecule has 2 rings (SSSR count). The number of hydrogen-bond acceptors (Lipinski definition) is 3. The number of carboxylic acids is 1. The molecule has 0 bridgehead atoms. The number of carbonyl (C=O) groups is 2. The molecule has 2 aliphatic carbocycles. The monoisotopic (exact) mass is 226 g/mol. The van der Waals surface area contributed by atoms with Crippen LogP contribution < -0.4 is 11.1 Å². The minimum absolute atomic E-state index is 0.0556. The van der Waals surface area contributed by atoms with Gasteiger partial charge in [0.1, 0.15) is 0 Å². The van der Waals surface area contributed by atoms with E-state index in [0.717, 1.165) is 19.3 Å². The third-order valence-electron chi connectivity index (χ3n) is 3.81. The maximum atomic E-state index is 11.8. The molecule has 2 saturated carbocycles. The number of nitrogens with two attached hydrogens (primary N) is 1. The summed E-state index contributed by atoms with van der Waals surface area (Å²) in [5, 5.41) is 11.7. The van der Waals surface area contributed by atoms with E-state index in [1.54, 1.807) is 0 Å². The van der Waals surface area contributed by atoms with Gasteiger partial charge in [-0.25, -0.2) is 0 Å². The molecule has 0 aromatic rings. The van der Waals surface area contributed by atoms with E-state index in [1.807, 2.05) is 0 Å². The molecule has 0 aliphatic heterocycles. The van der Waals surface area contributed by atoms with Crippen molar-refractivity contribution in [2.75, 3.05) is 6.54 Å². The van der Waals surface area contributed by atoms with Gasteiger partial charge in [0.15, 0.2) is 0 Å². The summed E-state index contributed by atoms with van der Waals surface area (Å²) in [5.74, 6) is -0.995. The predicted octanol–water partition coefficient (Wildman–Crippen LogP) is 0.0948. The summed E-state index contributed by atoms with van der Waals surface area (Å²) < 4.78 is 0. The highest BCUT2D eigenvalue weighted by Gasteiger charge is 2.50. The lowest BCUT2D eigenvalue weighted by atomic mass is 10.0. The van der Waals surface area contributed by atoms with Crippen LogP contribution in [0.1, 0.15) is 32.1 Å². The third-order valence-corrected chi connectivity index (χ3v) is 3.81. The lowest BCUT2D eigenvalue weighted by molar-refractivity contribution is -0.143. The van der Waals surface area contributed by atoms with E-state index in [-0.39, 0.29) is 24.4 Å². The van der Waals surface area contributed by atoms with Crippen LogP contribution in [-0.2, 0) is 9.59 Å². The Labute approximate surface area is 94.4 Å². The lowest BCUT2D eigenvalue weighted by Gasteiger charge is -2.17. The minimum Gasteiger partial charge on any atom is -0.481 e. The van der Waals surface area contributed by atoms with E-state index < -0.39 is 11.4 Å². The van der Waals surface area contributed by atoms with Gasteiger partial charge in [-0.1, -0.05) is 6.42 Å². The van der Waals surface area contributed by atoms with Gasteiger partial charge in [0.25, 0.3) is 0 Å². The van der Waals surface area contributed by atoms with Gasteiger partial charge in [0.2, 0.25) is 5.91 Å². The van der Waals surface area contributed by atoms with E-state index in [2.05, 4.69) is 5.32 Å². The van der Waals surface area contributed by atoms with Gasteiger partial charge in [0, 0.05) is 12.6 Å². The highest BCUT2D eigenvalue weighted by atomic mass is 16.4. The normalized spacial score (nSPS) is 31.1. The predicted molar refractivity (Wildman–Crippen MR) is 57.6 cm³/mol. The van der Waals surface area contributed by atoms with Crippen molar-refractivity contribution in [1.29, 1.82) is 0 Å². The summed E-state index contributed by atoms with van der Waals surface area (Å²) in [4.78, 5) is 22.7. The molecule has 16 heavy (non-hydrogen) atoms. The van der Waals surface area contributed by atoms with Crippen molar-refractivity contribution in [1.82, 2.24) is 5.32 Å². The van der Waals surface area contributed by atoms with Crippen molar-refractivity contribution in [3.8, 4) is 0 Å². The zero-order chi connectivity index (χ0) is 11.8. The summed E-state index contributed by atoms with van der Waals surface area (Å²) in [7, 11) is 0. The van der Waals surface area contributed by atoms with E-state index in [0.29, 0.717) is 12.8 Å². The molecule has 0 aromatic carbocycles. The summed E-state index contributed by atoms with van der Waals surface area (Å²) in [5.41, 5.74) is 5.14. The number of rotatable bonds is 4. The van der Waals surface area contributed by atoms with Gasteiger partial charge >= 0.3 is 5.97 Å². The van der Waals surface area contributed by atoms with E-state index in [4.69, 9.17) is 10.8 Å². The van der Waals surface area contributed by atoms with Crippen molar-refractivity contribution in [2.45, 2.75) is 38.1 Å². The zero-order valence-electron chi connectivity index (χ0n) is 9.24. The van der Waals surface area contributed by atoms with Crippen molar-refractivity contribution in [3.05, 3.63) is 0 Å². The van der Waals surface area contributed by atoms with Crippen LogP contribution >= 0.6 is 0 Å². The van der Waals surface area contributed by atoms with Crippen LogP contribution in [0, 0.1) is 11.3 Å².